The SMILES string of the molecule is COC(C)CNC(=O)C1CCC2CCCCC2N1. The lowest BCUT2D eigenvalue weighted by atomic mass is 9.77. The first-order valence-corrected chi connectivity index (χ1v) is 7.27. The van der Waals surface area contributed by atoms with Gasteiger partial charge in [-0.3, -0.25) is 4.79 Å². The molecule has 1 aliphatic heterocycles. The van der Waals surface area contributed by atoms with Crippen molar-refractivity contribution in [3.05, 3.63) is 0 Å². The van der Waals surface area contributed by atoms with Crippen LogP contribution < -0.4 is 10.6 Å². The maximum atomic E-state index is 12.1. The van der Waals surface area contributed by atoms with E-state index in [9.17, 15) is 4.79 Å². The predicted molar refractivity (Wildman–Crippen MR) is 71.4 cm³/mol. The summed E-state index contributed by atoms with van der Waals surface area (Å²) in [6, 6.07) is 0.580. The zero-order valence-corrected chi connectivity index (χ0v) is 11.6. The molecule has 4 heteroatoms. The Hall–Kier alpha value is -0.610. The molecule has 2 aliphatic rings. The Labute approximate surface area is 110 Å². The summed E-state index contributed by atoms with van der Waals surface area (Å²) in [5.74, 6) is 0.948. The summed E-state index contributed by atoms with van der Waals surface area (Å²) >= 11 is 0. The molecule has 0 aromatic carbocycles. The fourth-order valence-corrected chi connectivity index (χ4v) is 3.15. The van der Waals surface area contributed by atoms with Gasteiger partial charge in [0.25, 0.3) is 0 Å². The molecular weight excluding hydrogens is 228 g/mol. The minimum atomic E-state index is 0.00778. The van der Waals surface area contributed by atoms with Crippen molar-refractivity contribution < 1.29 is 9.53 Å². The standard InChI is InChI=1S/C14H26N2O2/c1-10(18-2)9-15-14(17)13-8-7-11-5-3-4-6-12(11)16-13/h10-13,16H,3-9H2,1-2H3,(H,15,17). The number of piperidine rings is 1. The molecule has 0 aromatic rings. The number of rotatable bonds is 4. The number of nitrogens with one attached hydrogen (secondary N) is 2. The summed E-state index contributed by atoms with van der Waals surface area (Å²) < 4.78 is 5.14. The van der Waals surface area contributed by atoms with Crippen molar-refractivity contribution in [2.45, 2.75) is 63.6 Å². The van der Waals surface area contributed by atoms with Gasteiger partial charge < -0.3 is 15.4 Å². The highest BCUT2D eigenvalue weighted by molar-refractivity contribution is 5.81. The number of amides is 1. The fourth-order valence-electron chi connectivity index (χ4n) is 3.15. The molecule has 0 bridgehead atoms. The van der Waals surface area contributed by atoms with E-state index in [1.54, 1.807) is 7.11 Å². The van der Waals surface area contributed by atoms with Crippen LogP contribution in [0.25, 0.3) is 0 Å². The van der Waals surface area contributed by atoms with Gasteiger partial charge in [-0.15, -0.1) is 0 Å². The molecule has 1 saturated carbocycles. The molecule has 2 fully saturated rings. The number of hydrogen-bond donors (Lipinski definition) is 2. The van der Waals surface area contributed by atoms with Gasteiger partial charge in [-0.2, -0.15) is 0 Å². The average Bonchev–Trinajstić information content (AvgIpc) is 2.43. The van der Waals surface area contributed by atoms with Gasteiger partial charge in [0.1, 0.15) is 0 Å². The zero-order valence-electron chi connectivity index (χ0n) is 11.6. The molecule has 2 N–H and O–H groups in total. The van der Waals surface area contributed by atoms with Gasteiger partial charge in [-0.25, -0.2) is 0 Å². The Morgan fingerprint density at radius 1 is 1.33 bits per heavy atom. The van der Waals surface area contributed by atoms with E-state index in [0.29, 0.717) is 12.6 Å². The molecule has 1 heterocycles. The van der Waals surface area contributed by atoms with Gasteiger partial charge in [0.05, 0.1) is 12.1 Å². The van der Waals surface area contributed by atoms with Crippen molar-refractivity contribution >= 4 is 5.91 Å². The zero-order chi connectivity index (χ0) is 13.0. The van der Waals surface area contributed by atoms with Gasteiger partial charge in [0.15, 0.2) is 0 Å². The topological polar surface area (TPSA) is 50.4 Å². The quantitative estimate of drug-likeness (QED) is 0.798. The third-order valence-electron chi connectivity index (χ3n) is 4.43. The van der Waals surface area contributed by atoms with Crippen molar-refractivity contribution in [2.75, 3.05) is 13.7 Å². The van der Waals surface area contributed by atoms with Gasteiger partial charge in [-0.1, -0.05) is 12.8 Å². The molecule has 18 heavy (non-hydrogen) atoms. The van der Waals surface area contributed by atoms with E-state index in [4.69, 9.17) is 4.74 Å². The van der Waals surface area contributed by atoms with Crippen LogP contribution in [0.2, 0.25) is 0 Å². The minimum absolute atomic E-state index is 0.00778. The lowest BCUT2D eigenvalue weighted by molar-refractivity contribution is -0.125. The molecule has 2 rings (SSSR count). The monoisotopic (exact) mass is 254 g/mol. The second kappa shape index (κ2) is 6.53. The van der Waals surface area contributed by atoms with Gasteiger partial charge in [0, 0.05) is 19.7 Å². The normalized spacial score (nSPS) is 33.6. The molecular formula is C14H26N2O2. The smallest absolute Gasteiger partial charge is 0.237 e. The van der Waals surface area contributed by atoms with Crippen LogP contribution >= 0.6 is 0 Å². The first-order valence-electron chi connectivity index (χ1n) is 7.27. The van der Waals surface area contributed by atoms with E-state index in [-0.39, 0.29) is 18.1 Å². The van der Waals surface area contributed by atoms with Gasteiger partial charge >= 0.3 is 0 Å². The van der Waals surface area contributed by atoms with Crippen molar-refractivity contribution in [3.8, 4) is 0 Å². The largest absolute Gasteiger partial charge is 0.380 e. The van der Waals surface area contributed by atoms with E-state index >= 15 is 0 Å². The van der Waals surface area contributed by atoms with Crippen LogP contribution in [-0.4, -0.2) is 37.7 Å². The van der Waals surface area contributed by atoms with Crippen LogP contribution in [0.4, 0.5) is 0 Å². The van der Waals surface area contributed by atoms with Crippen LogP contribution in [0.5, 0.6) is 0 Å². The third-order valence-corrected chi connectivity index (χ3v) is 4.43. The summed E-state index contributed by atoms with van der Waals surface area (Å²) in [5.41, 5.74) is 0. The molecule has 4 atom stereocenters. The first kappa shape index (κ1) is 13.8. The number of carbonyl (C=O) groups excluding carboxylic acids is 1. The van der Waals surface area contributed by atoms with E-state index in [0.717, 1.165) is 12.3 Å². The van der Waals surface area contributed by atoms with Crippen molar-refractivity contribution in [1.82, 2.24) is 10.6 Å². The van der Waals surface area contributed by atoms with Crippen LogP contribution in [0.1, 0.15) is 45.4 Å². The summed E-state index contributed by atoms with van der Waals surface area (Å²) in [4.78, 5) is 12.1. The maximum Gasteiger partial charge on any atom is 0.237 e. The number of fused-ring (bicyclic) bond motifs is 1. The highest BCUT2D eigenvalue weighted by Gasteiger charge is 2.34. The molecule has 0 radical (unpaired) electrons. The van der Waals surface area contributed by atoms with Crippen LogP contribution in [0.15, 0.2) is 0 Å². The van der Waals surface area contributed by atoms with Gasteiger partial charge in [-0.05, 0) is 38.5 Å². The number of hydrogen-bond acceptors (Lipinski definition) is 3. The molecule has 1 amide bonds. The van der Waals surface area contributed by atoms with Crippen molar-refractivity contribution in [2.24, 2.45) is 5.92 Å². The summed E-state index contributed by atoms with van der Waals surface area (Å²) in [6.45, 7) is 2.56. The molecule has 0 spiro atoms. The number of carbonyl (C=O) groups is 1. The summed E-state index contributed by atoms with van der Waals surface area (Å²) in [7, 11) is 1.67. The minimum Gasteiger partial charge on any atom is -0.380 e. The maximum absolute atomic E-state index is 12.1. The van der Waals surface area contributed by atoms with E-state index in [1.165, 1.54) is 32.1 Å². The first-order chi connectivity index (χ1) is 8.70. The Kier molecular flexibility index (Phi) is 5.01. The van der Waals surface area contributed by atoms with E-state index < -0.39 is 0 Å². The summed E-state index contributed by atoms with van der Waals surface area (Å²) in [5, 5.41) is 6.52. The molecule has 104 valence electrons. The molecule has 1 saturated heterocycles. The van der Waals surface area contributed by atoms with E-state index in [2.05, 4.69) is 10.6 Å². The Balaban J connectivity index is 1.77. The Bertz CT molecular complexity index is 283. The van der Waals surface area contributed by atoms with Crippen LogP contribution in [0, 0.1) is 5.92 Å². The molecule has 4 nitrogen and oxygen atoms in total. The van der Waals surface area contributed by atoms with Crippen LogP contribution in [0.3, 0.4) is 0 Å². The molecule has 4 unspecified atom stereocenters. The van der Waals surface area contributed by atoms with Crippen LogP contribution in [-0.2, 0) is 9.53 Å². The Morgan fingerprint density at radius 3 is 2.89 bits per heavy atom. The second-order valence-corrected chi connectivity index (χ2v) is 5.74. The summed E-state index contributed by atoms with van der Waals surface area (Å²) in [6.07, 6.45) is 7.52. The second-order valence-electron chi connectivity index (χ2n) is 5.74. The van der Waals surface area contributed by atoms with Crippen molar-refractivity contribution in [3.63, 3.8) is 0 Å². The fraction of sp³-hybridized carbons (Fsp3) is 0.929. The highest BCUT2D eigenvalue weighted by atomic mass is 16.5. The lowest BCUT2D eigenvalue weighted by Crippen LogP contribution is -2.55. The Morgan fingerprint density at radius 2 is 2.11 bits per heavy atom. The highest BCUT2D eigenvalue weighted by Crippen LogP contribution is 2.32. The predicted octanol–water partition coefficient (Wildman–Crippen LogP) is 1.45. The molecule has 0 aromatic heterocycles. The lowest BCUT2D eigenvalue weighted by Gasteiger charge is -2.39. The average molecular weight is 254 g/mol. The van der Waals surface area contributed by atoms with Gasteiger partial charge in [0.2, 0.25) is 5.91 Å². The van der Waals surface area contributed by atoms with Crippen molar-refractivity contribution in [1.29, 1.82) is 0 Å². The van der Waals surface area contributed by atoms with E-state index in [1.807, 2.05) is 6.92 Å². The molecule has 1 aliphatic carbocycles. The third kappa shape index (κ3) is 3.45. The number of methoxy groups -OCH3 is 1. The number of ether oxygens (including phenoxy) is 1.